The van der Waals surface area contributed by atoms with Crippen molar-refractivity contribution in [2.75, 3.05) is 6.26 Å². The van der Waals surface area contributed by atoms with E-state index in [0.717, 1.165) is 6.26 Å². The summed E-state index contributed by atoms with van der Waals surface area (Å²) in [7, 11) is -3.27. The smallest absolute Gasteiger partial charge is 0.206 e. The van der Waals surface area contributed by atoms with E-state index < -0.39 is 10.0 Å². The van der Waals surface area contributed by atoms with E-state index in [1.165, 1.54) is 17.7 Å². The minimum Gasteiger partial charge on any atom is -0.206 e. The Morgan fingerprint density at radius 1 is 1.75 bits per heavy atom. The molecule has 0 atom stereocenters. The van der Waals surface area contributed by atoms with Crippen LogP contribution in [0.5, 0.6) is 0 Å². The van der Waals surface area contributed by atoms with Crippen molar-refractivity contribution in [1.82, 2.24) is 14.4 Å². The highest BCUT2D eigenvalue weighted by Gasteiger charge is 1.95. The van der Waals surface area contributed by atoms with Gasteiger partial charge in [-0.1, -0.05) is 4.49 Å². The first kappa shape index (κ1) is 9.07. The number of hydrazone groups is 1. The van der Waals surface area contributed by atoms with Crippen molar-refractivity contribution in [2.45, 2.75) is 0 Å². The highest BCUT2D eigenvalue weighted by atomic mass is 32.2. The highest BCUT2D eigenvalue weighted by molar-refractivity contribution is 7.88. The van der Waals surface area contributed by atoms with Crippen molar-refractivity contribution in [3.63, 3.8) is 0 Å². The molecule has 0 radical (unpaired) electrons. The van der Waals surface area contributed by atoms with Crippen molar-refractivity contribution >= 4 is 27.8 Å². The van der Waals surface area contributed by atoms with E-state index in [1.54, 1.807) is 5.38 Å². The van der Waals surface area contributed by atoms with Crippen LogP contribution in [-0.2, 0) is 10.0 Å². The van der Waals surface area contributed by atoms with Crippen LogP contribution in [-0.4, -0.2) is 30.5 Å². The van der Waals surface area contributed by atoms with Gasteiger partial charge in [0.15, 0.2) is 0 Å². The fraction of sp³-hybridized carbons (Fsp3) is 0.250. The zero-order chi connectivity index (χ0) is 9.03. The van der Waals surface area contributed by atoms with Gasteiger partial charge >= 0.3 is 0 Å². The molecule has 1 rings (SSSR count). The van der Waals surface area contributed by atoms with Crippen molar-refractivity contribution in [2.24, 2.45) is 5.10 Å². The molecular formula is C4H6N4O2S2. The first-order chi connectivity index (χ1) is 5.58. The number of sulfonamides is 1. The van der Waals surface area contributed by atoms with Crippen LogP contribution in [0, 0.1) is 0 Å². The first-order valence-corrected chi connectivity index (χ1v) is 5.57. The second kappa shape index (κ2) is 3.59. The first-order valence-electron chi connectivity index (χ1n) is 2.85. The highest BCUT2D eigenvalue weighted by Crippen LogP contribution is 1.91. The number of nitrogens with one attached hydrogen (secondary N) is 1. The van der Waals surface area contributed by atoms with Crippen LogP contribution in [0.15, 0.2) is 10.5 Å². The van der Waals surface area contributed by atoms with Crippen molar-refractivity contribution < 1.29 is 8.42 Å². The molecule has 0 bridgehead atoms. The molecule has 0 aliphatic heterocycles. The fourth-order valence-corrected chi connectivity index (χ4v) is 1.07. The lowest BCUT2D eigenvalue weighted by Gasteiger charge is -1.91. The molecule has 0 fully saturated rings. The zero-order valence-electron chi connectivity index (χ0n) is 6.13. The Bertz CT molecular complexity index is 354. The van der Waals surface area contributed by atoms with Gasteiger partial charge in [0.2, 0.25) is 10.0 Å². The summed E-state index contributed by atoms with van der Waals surface area (Å²) in [5.74, 6) is 0. The van der Waals surface area contributed by atoms with E-state index in [9.17, 15) is 8.42 Å². The number of hydrogen-bond donors (Lipinski definition) is 1. The second-order valence-corrected chi connectivity index (χ2v) is 4.29. The summed E-state index contributed by atoms with van der Waals surface area (Å²) in [6.07, 6.45) is 2.30. The van der Waals surface area contributed by atoms with Gasteiger partial charge in [0, 0.05) is 5.38 Å². The van der Waals surface area contributed by atoms with Crippen molar-refractivity contribution in [3.05, 3.63) is 11.1 Å². The molecule has 0 saturated carbocycles. The van der Waals surface area contributed by atoms with Crippen LogP contribution in [0.4, 0.5) is 0 Å². The van der Waals surface area contributed by atoms with Crippen LogP contribution in [0.3, 0.4) is 0 Å². The van der Waals surface area contributed by atoms with Crippen LogP contribution in [0.2, 0.25) is 0 Å². The Balaban J connectivity index is 2.54. The summed E-state index contributed by atoms with van der Waals surface area (Å²) in [6, 6.07) is 0. The van der Waals surface area contributed by atoms with Gasteiger partial charge in [-0.15, -0.1) is 5.10 Å². The van der Waals surface area contributed by atoms with Gasteiger partial charge in [0.1, 0.15) is 5.69 Å². The molecule has 1 aromatic heterocycles. The average Bonchev–Trinajstić information content (AvgIpc) is 2.36. The van der Waals surface area contributed by atoms with Gasteiger partial charge in [0.05, 0.1) is 12.5 Å². The van der Waals surface area contributed by atoms with Gasteiger partial charge in [-0.05, 0) is 11.5 Å². The summed E-state index contributed by atoms with van der Waals surface area (Å²) < 4.78 is 24.6. The Morgan fingerprint density at radius 2 is 2.50 bits per heavy atom. The largest absolute Gasteiger partial charge is 0.244 e. The van der Waals surface area contributed by atoms with Crippen LogP contribution >= 0.6 is 11.5 Å². The zero-order valence-corrected chi connectivity index (χ0v) is 7.76. The third-order valence-electron chi connectivity index (χ3n) is 0.792. The number of aromatic nitrogens is 2. The van der Waals surface area contributed by atoms with Gasteiger partial charge in [-0.2, -0.15) is 5.10 Å². The van der Waals surface area contributed by atoms with E-state index in [-0.39, 0.29) is 0 Å². The van der Waals surface area contributed by atoms with E-state index in [0.29, 0.717) is 5.69 Å². The standard InChI is InChI=1S/C4H6N4O2S2/c1-12(9,10)8-5-2-4-3-11-7-6-4/h2-3,8H,1H3/b5-2+. The van der Waals surface area contributed by atoms with Crippen LogP contribution in [0.25, 0.3) is 0 Å². The molecule has 0 unspecified atom stereocenters. The predicted octanol–water partition coefficient (Wildman–Crippen LogP) is -0.579. The quantitative estimate of drug-likeness (QED) is 0.529. The lowest BCUT2D eigenvalue weighted by molar-refractivity contribution is 0.591. The number of rotatable bonds is 3. The molecule has 1 N–H and O–H groups in total. The lowest BCUT2D eigenvalue weighted by atomic mass is 10.6. The molecule has 8 heteroatoms. The third kappa shape index (κ3) is 3.39. The topological polar surface area (TPSA) is 84.3 Å². The van der Waals surface area contributed by atoms with E-state index in [1.807, 2.05) is 4.83 Å². The monoisotopic (exact) mass is 206 g/mol. The maximum absolute atomic E-state index is 10.5. The van der Waals surface area contributed by atoms with E-state index >= 15 is 0 Å². The summed E-state index contributed by atoms with van der Waals surface area (Å²) in [5.41, 5.74) is 0.524. The molecule has 0 aromatic carbocycles. The molecule has 1 aromatic rings. The fourth-order valence-electron chi connectivity index (χ4n) is 0.416. The summed E-state index contributed by atoms with van der Waals surface area (Å²) >= 11 is 1.17. The molecule has 0 saturated heterocycles. The minimum atomic E-state index is -3.27. The Labute approximate surface area is 73.5 Å². The number of nitrogens with zero attached hydrogens (tertiary/aromatic N) is 3. The Morgan fingerprint density at radius 3 is 3.00 bits per heavy atom. The maximum Gasteiger partial charge on any atom is 0.244 e. The molecular weight excluding hydrogens is 200 g/mol. The SMILES string of the molecule is CS(=O)(=O)N/N=C/c1csnn1. The van der Waals surface area contributed by atoms with E-state index in [2.05, 4.69) is 14.7 Å². The summed E-state index contributed by atoms with van der Waals surface area (Å²) in [6.45, 7) is 0. The molecule has 0 aliphatic carbocycles. The third-order valence-corrected chi connectivity index (χ3v) is 1.75. The van der Waals surface area contributed by atoms with E-state index in [4.69, 9.17) is 0 Å². The Kier molecular flexibility index (Phi) is 2.71. The summed E-state index contributed by atoms with van der Waals surface area (Å²) in [5, 5.41) is 8.69. The Hall–Kier alpha value is -1.02. The average molecular weight is 206 g/mol. The van der Waals surface area contributed by atoms with Crippen LogP contribution in [0.1, 0.15) is 5.69 Å². The molecule has 0 aliphatic rings. The van der Waals surface area contributed by atoms with Gasteiger partial charge < -0.3 is 0 Å². The normalized spacial score (nSPS) is 12.1. The summed E-state index contributed by atoms with van der Waals surface area (Å²) in [4.78, 5) is 1.94. The molecule has 6 nitrogen and oxygen atoms in total. The molecule has 0 amide bonds. The molecule has 12 heavy (non-hydrogen) atoms. The van der Waals surface area contributed by atoms with Crippen molar-refractivity contribution in [1.29, 1.82) is 0 Å². The molecule has 0 spiro atoms. The molecule has 1 heterocycles. The van der Waals surface area contributed by atoms with Gasteiger partial charge in [-0.25, -0.2) is 13.2 Å². The lowest BCUT2D eigenvalue weighted by Crippen LogP contribution is -2.15. The maximum atomic E-state index is 10.5. The minimum absolute atomic E-state index is 0.524. The van der Waals surface area contributed by atoms with Crippen molar-refractivity contribution in [3.8, 4) is 0 Å². The number of hydrogen-bond acceptors (Lipinski definition) is 6. The van der Waals surface area contributed by atoms with Crippen LogP contribution < -0.4 is 4.83 Å². The second-order valence-electron chi connectivity index (χ2n) is 1.95. The predicted molar refractivity (Wildman–Crippen MR) is 45.5 cm³/mol. The molecule has 66 valence electrons. The van der Waals surface area contributed by atoms with Gasteiger partial charge in [0.25, 0.3) is 0 Å². The van der Waals surface area contributed by atoms with Gasteiger partial charge in [-0.3, -0.25) is 0 Å².